The minimum Gasteiger partial charge on any atom is -0.478 e. The molecular weight excluding hydrogens is 468 g/mol. The highest BCUT2D eigenvalue weighted by atomic mass is 19.1. The Hall–Kier alpha value is -4.08. The van der Waals surface area contributed by atoms with Crippen LogP contribution in [0.2, 0.25) is 0 Å². The molecule has 3 aromatic carbocycles. The quantitative estimate of drug-likeness (QED) is 0.283. The van der Waals surface area contributed by atoms with Crippen molar-refractivity contribution in [1.82, 2.24) is 14.8 Å². The van der Waals surface area contributed by atoms with E-state index in [-0.39, 0.29) is 29.5 Å². The number of nitrogens with one attached hydrogen (secondary N) is 1. The maximum atomic E-state index is 16.2. The van der Waals surface area contributed by atoms with Crippen molar-refractivity contribution in [1.29, 1.82) is 0 Å². The molecular formula is C27H23F2N3O4. The number of nitrogens with zero attached hydrogens (tertiary/aromatic N) is 2. The lowest BCUT2D eigenvalue weighted by Gasteiger charge is -2.29. The number of carbonyl (C=O) groups is 1. The number of rotatable bonds is 7. The average Bonchev–Trinajstić information content (AvgIpc) is 3.48. The zero-order valence-corrected chi connectivity index (χ0v) is 19.5. The van der Waals surface area contributed by atoms with Crippen LogP contribution in [0.5, 0.6) is 0 Å². The Kier molecular flexibility index (Phi) is 5.82. The molecule has 0 radical (unpaired) electrons. The van der Waals surface area contributed by atoms with Gasteiger partial charge in [0.15, 0.2) is 5.82 Å². The van der Waals surface area contributed by atoms with Crippen molar-refractivity contribution in [2.45, 2.75) is 18.9 Å². The molecule has 0 amide bonds. The highest BCUT2D eigenvalue weighted by Gasteiger charge is 2.38. The molecule has 3 N–H and O–H groups in total. The summed E-state index contributed by atoms with van der Waals surface area (Å²) in [6.07, 6.45) is 1.72. The minimum absolute atomic E-state index is 0.0710. The summed E-state index contributed by atoms with van der Waals surface area (Å²) in [5, 5.41) is 28.6. The molecule has 0 aliphatic carbocycles. The van der Waals surface area contributed by atoms with E-state index >= 15 is 4.39 Å². The Morgan fingerprint density at radius 1 is 1.14 bits per heavy atom. The highest BCUT2D eigenvalue weighted by Crippen LogP contribution is 2.45. The smallest absolute Gasteiger partial charge is 0.335 e. The zero-order valence-electron chi connectivity index (χ0n) is 19.5. The molecule has 0 fully saturated rings. The van der Waals surface area contributed by atoms with Gasteiger partial charge in [0, 0.05) is 29.1 Å². The Morgan fingerprint density at radius 2 is 1.83 bits per heavy atom. The number of aromatic nitrogens is 3. The van der Waals surface area contributed by atoms with Gasteiger partial charge in [0.2, 0.25) is 0 Å². The first-order valence-corrected chi connectivity index (χ1v) is 11.3. The number of fused-ring (bicyclic) bond motifs is 2. The number of aliphatic hydroxyl groups is 1. The van der Waals surface area contributed by atoms with Crippen LogP contribution in [0.25, 0.3) is 38.6 Å². The van der Waals surface area contributed by atoms with E-state index in [0.717, 1.165) is 0 Å². The number of H-pyrrole nitrogens is 1. The molecule has 5 rings (SSSR count). The summed E-state index contributed by atoms with van der Waals surface area (Å²) in [5.74, 6) is -2.10. The summed E-state index contributed by atoms with van der Waals surface area (Å²) >= 11 is 0. The van der Waals surface area contributed by atoms with Crippen LogP contribution in [0.4, 0.5) is 8.78 Å². The van der Waals surface area contributed by atoms with E-state index in [9.17, 15) is 19.4 Å². The van der Waals surface area contributed by atoms with Crippen LogP contribution in [0.1, 0.15) is 29.4 Å². The number of halogens is 2. The molecule has 0 bridgehead atoms. The van der Waals surface area contributed by atoms with Crippen LogP contribution in [-0.2, 0) is 10.3 Å². The number of carboxylic acid groups (broad SMARTS) is 1. The summed E-state index contributed by atoms with van der Waals surface area (Å²) < 4.78 is 37.1. The molecule has 1 atom stereocenters. The summed E-state index contributed by atoms with van der Waals surface area (Å²) in [4.78, 5) is 11.4. The van der Waals surface area contributed by atoms with Crippen LogP contribution >= 0.6 is 0 Å². The van der Waals surface area contributed by atoms with Gasteiger partial charge in [-0.05, 0) is 54.4 Å². The number of carboxylic acids is 1. The van der Waals surface area contributed by atoms with Crippen molar-refractivity contribution in [3.05, 3.63) is 83.7 Å². The Labute approximate surface area is 204 Å². The summed E-state index contributed by atoms with van der Waals surface area (Å²) in [7, 11) is 1.46. The topological polar surface area (TPSA) is 100 Å². The molecule has 36 heavy (non-hydrogen) atoms. The SMILES string of the molecule is CCC(O)(COC)c1c(-c2ccc(C(=O)O)cc2)c2c(F)c3[nH]ncc3cc2n1-c1ccc(F)cc1. The van der Waals surface area contributed by atoms with Gasteiger partial charge in [-0.25, -0.2) is 13.6 Å². The monoisotopic (exact) mass is 491 g/mol. The molecule has 2 aromatic heterocycles. The van der Waals surface area contributed by atoms with Gasteiger partial charge in [-0.2, -0.15) is 5.10 Å². The van der Waals surface area contributed by atoms with Crippen molar-refractivity contribution in [2.75, 3.05) is 13.7 Å². The maximum absolute atomic E-state index is 16.2. The molecule has 1 unspecified atom stereocenters. The molecule has 2 heterocycles. The summed E-state index contributed by atoms with van der Waals surface area (Å²) in [5.41, 5.74) is 0.862. The van der Waals surface area contributed by atoms with Gasteiger partial charge in [0.25, 0.3) is 0 Å². The Bertz CT molecular complexity index is 1590. The van der Waals surface area contributed by atoms with Crippen LogP contribution < -0.4 is 0 Å². The number of methoxy groups -OCH3 is 1. The van der Waals surface area contributed by atoms with E-state index in [4.69, 9.17) is 4.74 Å². The van der Waals surface area contributed by atoms with E-state index in [1.54, 1.807) is 41.8 Å². The molecule has 7 nitrogen and oxygen atoms in total. The van der Waals surface area contributed by atoms with Crippen LogP contribution in [-0.4, -0.2) is 44.7 Å². The molecule has 5 aromatic rings. The Morgan fingerprint density at radius 3 is 2.44 bits per heavy atom. The number of benzene rings is 3. The summed E-state index contributed by atoms with van der Waals surface area (Å²) in [6, 6.07) is 13.5. The van der Waals surface area contributed by atoms with Gasteiger partial charge in [-0.1, -0.05) is 19.1 Å². The lowest BCUT2D eigenvalue weighted by Crippen LogP contribution is -2.33. The average molecular weight is 491 g/mol. The zero-order chi connectivity index (χ0) is 25.6. The van der Waals surface area contributed by atoms with Crippen molar-refractivity contribution in [2.24, 2.45) is 0 Å². The van der Waals surface area contributed by atoms with E-state index < -0.39 is 23.2 Å². The third-order valence-corrected chi connectivity index (χ3v) is 6.52. The van der Waals surface area contributed by atoms with E-state index in [2.05, 4.69) is 10.2 Å². The molecule has 184 valence electrons. The van der Waals surface area contributed by atoms with Crippen molar-refractivity contribution in [3.63, 3.8) is 0 Å². The summed E-state index contributed by atoms with van der Waals surface area (Å²) in [6.45, 7) is 1.69. The minimum atomic E-state index is -1.57. The van der Waals surface area contributed by atoms with Crippen LogP contribution in [0, 0.1) is 11.6 Å². The lowest BCUT2D eigenvalue weighted by atomic mass is 9.89. The lowest BCUT2D eigenvalue weighted by molar-refractivity contribution is -0.0422. The predicted octanol–water partition coefficient (Wildman–Crippen LogP) is 5.39. The Balaban J connectivity index is 1.99. The fourth-order valence-electron chi connectivity index (χ4n) is 4.74. The number of aromatic amines is 1. The second-order valence-electron chi connectivity index (χ2n) is 8.65. The first kappa shape index (κ1) is 23.7. The highest BCUT2D eigenvalue weighted by molar-refractivity contribution is 6.06. The van der Waals surface area contributed by atoms with Crippen LogP contribution in [0.3, 0.4) is 0 Å². The molecule has 9 heteroatoms. The number of hydrogen-bond acceptors (Lipinski definition) is 4. The second-order valence-corrected chi connectivity index (χ2v) is 8.65. The van der Waals surface area contributed by atoms with Gasteiger partial charge in [0.1, 0.15) is 16.9 Å². The second kappa shape index (κ2) is 8.85. The third-order valence-electron chi connectivity index (χ3n) is 6.52. The molecule has 0 aliphatic heterocycles. The number of aromatic carboxylic acids is 1. The first-order valence-electron chi connectivity index (χ1n) is 11.3. The van der Waals surface area contributed by atoms with Crippen molar-refractivity contribution >= 4 is 27.8 Å². The first-order chi connectivity index (χ1) is 17.3. The fraction of sp³-hybridized carbons (Fsp3) is 0.185. The van der Waals surface area contributed by atoms with E-state index in [0.29, 0.717) is 33.4 Å². The van der Waals surface area contributed by atoms with Gasteiger partial charge >= 0.3 is 5.97 Å². The third kappa shape index (κ3) is 3.64. The van der Waals surface area contributed by atoms with Crippen molar-refractivity contribution in [3.8, 4) is 16.8 Å². The normalized spacial score (nSPS) is 13.4. The van der Waals surface area contributed by atoms with Crippen LogP contribution in [0.15, 0.2) is 60.8 Å². The largest absolute Gasteiger partial charge is 0.478 e. The van der Waals surface area contributed by atoms with Gasteiger partial charge in [-0.3, -0.25) is 5.10 Å². The maximum Gasteiger partial charge on any atom is 0.335 e. The molecule has 0 saturated carbocycles. The molecule has 0 saturated heterocycles. The van der Waals surface area contributed by atoms with E-state index in [1.807, 2.05) is 0 Å². The van der Waals surface area contributed by atoms with Gasteiger partial charge < -0.3 is 19.5 Å². The fourth-order valence-corrected chi connectivity index (χ4v) is 4.74. The predicted molar refractivity (Wildman–Crippen MR) is 131 cm³/mol. The van der Waals surface area contributed by atoms with Gasteiger partial charge in [0.05, 0.1) is 29.6 Å². The standard InChI is InChI=1S/C27H23F2N3O4/c1-3-27(35,14-36-2)25-21(15-4-6-16(7-5-15)26(33)34)22-20(12-17-13-30-31-24(17)23(22)29)32(25)19-10-8-18(28)9-11-19/h4-13,35H,3,14H2,1-2H3,(H,30,31)(H,33,34). The van der Waals surface area contributed by atoms with E-state index in [1.165, 1.54) is 37.6 Å². The number of hydrogen-bond donors (Lipinski definition) is 3. The molecule has 0 spiro atoms. The van der Waals surface area contributed by atoms with Gasteiger partial charge in [-0.15, -0.1) is 0 Å². The molecule has 0 aliphatic rings. The number of ether oxygens (including phenoxy) is 1. The van der Waals surface area contributed by atoms with Crippen molar-refractivity contribution < 1.29 is 28.5 Å².